The molecule has 0 radical (unpaired) electrons. The number of allylic oxidation sites excluding steroid dienone is 2. The lowest BCUT2D eigenvalue weighted by Gasteiger charge is -2.24. The number of hydrogen-bond donors (Lipinski definition) is 2. The zero-order valence-corrected chi connectivity index (χ0v) is 16.7. The van der Waals surface area contributed by atoms with Crippen LogP contribution in [0.1, 0.15) is 29.7 Å². The summed E-state index contributed by atoms with van der Waals surface area (Å²) in [5.74, 6) is 1.34. The summed E-state index contributed by atoms with van der Waals surface area (Å²) in [4.78, 5) is 11.3. The second kappa shape index (κ2) is 7.71. The highest BCUT2D eigenvalue weighted by atomic mass is 32.1. The Balaban J connectivity index is 1.61. The molecule has 0 fully saturated rings. The topological polar surface area (TPSA) is 57.4 Å². The second-order valence-electron chi connectivity index (χ2n) is 7.54. The molecule has 27 heavy (non-hydrogen) atoms. The van der Waals surface area contributed by atoms with Gasteiger partial charge in [-0.3, -0.25) is 0 Å². The summed E-state index contributed by atoms with van der Waals surface area (Å²) in [6.07, 6.45) is 8.11. The van der Waals surface area contributed by atoms with Crippen molar-refractivity contribution in [3.05, 3.63) is 58.4 Å². The van der Waals surface area contributed by atoms with Gasteiger partial charge in [-0.1, -0.05) is 12.1 Å². The van der Waals surface area contributed by atoms with Crippen molar-refractivity contribution in [1.29, 1.82) is 0 Å². The number of nitrogens with one attached hydrogen (secondary N) is 1. The minimum Gasteiger partial charge on any atom is -0.383 e. The van der Waals surface area contributed by atoms with E-state index in [2.05, 4.69) is 53.4 Å². The van der Waals surface area contributed by atoms with Crippen molar-refractivity contribution in [3.8, 4) is 0 Å². The summed E-state index contributed by atoms with van der Waals surface area (Å²) >= 11 is 1.61. The molecule has 0 spiro atoms. The highest BCUT2D eigenvalue weighted by Gasteiger charge is 2.18. The Kier molecular flexibility index (Phi) is 5.14. The standard InChI is InChI=1S/C22H26N4S/c1-26(2)14-15-5-7-16(8-6-15)19-13-24-20-10-9-17(12-18(19)20)25-22(23)21-4-3-11-27-21/h3-4,7,9-13,15,24H,5-6,8,14H2,1-2H3,(H2,23,25). The normalized spacial score (nSPS) is 18.3. The van der Waals surface area contributed by atoms with Crippen molar-refractivity contribution in [1.82, 2.24) is 9.88 Å². The highest BCUT2D eigenvalue weighted by Crippen LogP contribution is 2.35. The van der Waals surface area contributed by atoms with Crippen LogP contribution in [0.5, 0.6) is 0 Å². The number of rotatable bonds is 5. The Morgan fingerprint density at radius 1 is 1.33 bits per heavy atom. The number of aromatic nitrogens is 1. The Bertz CT molecular complexity index is 979. The fraction of sp³-hybridized carbons (Fsp3) is 0.318. The monoisotopic (exact) mass is 378 g/mol. The molecule has 1 aromatic carbocycles. The number of benzene rings is 1. The zero-order valence-electron chi connectivity index (χ0n) is 15.9. The van der Waals surface area contributed by atoms with Gasteiger partial charge in [-0.05, 0) is 74.5 Å². The molecular formula is C22H26N4S. The first-order valence-corrected chi connectivity index (χ1v) is 10.3. The summed E-state index contributed by atoms with van der Waals surface area (Å²) in [6.45, 7) is 1.17. The van der Waals surface area contributed by atoms with Gasteiger partial charge in [-0.15, -0.1) is 11.3 Å². The SMILES string of the molecule is CN(C)CC1CC=C(c2c[nH]c3ccc(N=C(N)c4cccs4)cc23)CC1. The molecule has 0 saturated heterocycles. The fourth-order valence-corrected chi connectivity index (χ4v) is 4.50. The minimum absolute atomic E-state index is 0.574. The third-order valence-electron chi connectivity index (χ3n) is 5.18. The number of nitrogens with two attached hydrogens (primary N) is 1. The molecule has 0 bridgehead atoms. The molecule has 0 amide bonds. The van der Waals surface area contributed by atoms with Crippen molar-refractivity contribution in [2.24, 2.45) is 16.6 Å². The van der Waals surface area contributed by atoms with Gasteiger partial charge in [0, 0.05) is 29.2 Å². The Morgan fingerprint density at radius 3 is 2.93 bits per heavy atom. The smallest absolute Gasteiger partial charge is 0.141 e. The first-order valence-electron chi connectivity index (χ1n) is 9.43. The average molecular weight is 379 g/mol. The maximum Gasteiger partial charge on any atom is 0.141 e. The second-order valence-corrected chi connectivity index (χ2v) is 8.49. The summed E-state index contributed by atoms with van der Waals surface area (Å²) in [7, 11) is 4.31. The van der Waals surface area contributed by atoms with E-state index in [1.165, 1.54) is 29.5 Å². The van der Waals surface area contributed by atoms with Gasteiger partial charge in [0.1, 0.15) is 5.84 Å². The van der Waals surface area contributed by atoms with Crippen LogP contribution in [0.15, 0.2) is 53.0 Å². The molecule has 4 nitrogen and oxygen atoms in total. The summed E-state index contributed by atoms with van der Waals surface area (Å²) in [5.41, 5.74) is 11.0. The number of amidine groups is 1. The molecule has 0 aliphatic heterocycles. The van der Waals surface area contributed by atoms with Gasteiger partial charge in [0.25, 0.3) is 0 Å². The highest BCUT2D eigenvalue weighted by molar-refractivity contribution is 7.12. The summed E-state index contributed by atoms with van der Waals surface area (Å²) < 4.78 is 0. The lowest BCUT2D eigenvalue weighted by molar-refractivity contribution is 0.311. The van der Waals surface area contributed by atoms with E-state index in [0.29, 0.717) is 5.84 Å². The first kappa shape index (κ1) is 18.0. The van der Waals surface area contributed by atoms with Gasteiger partial charge in [-0.2, -0.15) is 0 Å². The lowest BCUT2D eigenvalue weighted by Crippen LogP contribution is -2.22. The van der Waals surface area contributed by atoms with Crippen LogP contribution in [-0.4, -0.2) is 36.4 Å². The number of aromatic amines is 1. The molecule has 3 N–H and O–H groups in total. The molecule has 3 aromatic rings. The fourth-order valence-electron chi connectivity index (χ4n) is 3.88. The largest absolute Gasteiger partial charge is 0.383 e. The van der Waals surface area contributed by atoms with Crippen molar-refractivity contribution in [2.45, 2.75) is 19.3 Å². The van der Waals surface area contributed by atoms with E-state index in [4.69, 9.17) is 5.73 Å². The van der Waals surface area contributed by atoms with E-state index in [9.17, 15) is 0 Å². The molecule has 0 saturated carbocycles. The van der Waals surface area contributed by atoms with Gasteiger partial charge in [0.15, 0.2) is 0 Å². The first-order chi connectivity index (χ1) is 13.1. The molecule has 2 heterocycles. The number of fused-ring (bicyclic) bond motifs is 1. The van der Waals surface area contributed by atoms with Crippen LogP contribution in [0.3, 0.4) is 0 Å². The van der Waals surface area contributed by atoms with Crippen LogP contribution in [0.4, 0.5) is 5.69 Å². The Morgan fingerprint density at radius 2 is 2.22 bits per heavy atom. The maximum atomic E-state index is 6.16. The van der Waals surface area contributed by atoms with Crippen LogP contribution < -0.4 is 5.73 Å². The van der Waals surface area contributed by atoms with Crippen LogP contribution >= 0.6 is 11.3 Å². The van der Waals surface area contributed by atoms with Crippen LogP contribution in [-0.2, 0) is 0 Å². The number of hydrogen-bond acceptors (Lipinski definition) is 3. The molecule has 2 aromatic heterocycles. The molecule has 140 valence electrons. The van der Waals surface area contributed by atoms with Gasteiger partial charge < -0.3 is 15.6 Å². The van der Waals surface area contributed by atoms with E-state index in [-0.39, 0.29) is 0 Å². The number of H-pyrrole nitrogens is 1. The molecule has 4 rings (SSSR count). The molecule has 1 atom stereocenters. The molecule has 1 aliphatic rings. The van der Waals surface area contributed by atoms with Crippen LogP contribution in [0, 0.1) is 5.92 Å². The van der Waals surface area contributed by atoms with Gasteiger partial charge >= 0.3 is 0 Å². The molecular weight excluding hydrogens is 352 g/mol. The van der Waals surface area contributed by atoms with Gasteiger partial charge in [0.2, 0.25) is 0 Å². The van der Waals surface area contributed by atoms with Crippen LogP contribution in [0.2, 0.25) is 0 Å². The minimum atomic E-state index is 0.574. The predicted octanol–water partition coefficient (Wildman–Crippen LogP) is 5.01. The van der Waals surface area contributed by atoms with E-state index in [1.54, 1.807) is 11.3 Å². The van der Waals surface area contributed by atoms with Gasteiger partial charge in [-0.25, -0.2) is 4.99 Å². The number of thiophene rings is 1. The molecule has 1 aliphatic carbocycles. The number of aliphatic imine (C=N–C) groups is 1. The third-order valence-corrected chi connectivity index (χ3v) is 6.07. The third kappa shape index (κ3) is 3.99. The zero-order chi connectivity index (χ0) is 18.8. The van der Waals surface area contributed by atoms with Crippen molar-refractivity contribution in [2.75, 3.05) is 20.6 Å². The quantitative estimate of drug-likeness (QED) is 0.484. The average Bonchev–Trinajstić information content (AvgIpc) is 3.32. The maximum absolute atomic E-state index is 6.16. The van der Waals surface area contributed by atoms with E-state index in [1.807, 2.05) is 23.6 Å². The van der Waals surface area contributed by atoms with E-state index < -0.39 is 0 Å². The predicted molar refractivity (Wildman–Crippen MR) is 117 cm³/mol. The van der Waals surface area contributed by atoms with Crippen LogP contribution in [0.25, 0.3) is 16.5 Å². The van der Waals surface area contributed by atoms with Crippen molar-refractivity contribution < 1.29 is 0 Å². The lowest BCUT2D eigenvalue weighted by atomic mass is 9.86. The summed E-state index contributed by atoms with van der Waals surface area (Å²) in [6, 6.07) is 10.3. The molecule has 1 unspecified atom stereocenters. The Hall–Kier alpha value is -2.37. The summed E-state index contributed by atoms with van der Waals surface area (Å²) in [5, 5.41) is 3.25. The van der Waals surface area contributed by atoms with Crippen molar-refractivity contribution >= 4 is 39.3 Å². The Labute approximate surface area is 164 Å². The molecule has 5 heteroatoms. The number of nitrogens with zero attached hydrogens (tertiary/aromatic N) is 2. The van der Waals surface area contributed by atoms with Crippen molar-refractivity contribution in [3.63, 3.8) is 0 Å². The van der Waals surface area contributed by atoms with E-state index >= 15 is 0 Å². The van der Waals surface area contributed by atoms with Gasteiger partial charge in [0.05, 0.1) is 10.6 Å². The van der Waals surface area contributed by atoms with E-state index in [0.717, 1.165) is 34.8 Å².